The van der Waals surface area contributed by atoms with E-state index >= 15 is 0 Å². The normalized spacial score (nSPS) is 20.7. The Morgan fingerprint density at radius 2 is 2.10 bits per heavy atom. The molecule has 1 aromatic rings. The second-order valence-electron chi connectivity index (χ2n) is 5.08. The summed E-state index contributed by atoms with van der Waals surface area (Å²) in [5.74, 6) is -1.89. The number of hydrogen-bond donors (Lipinski definition) is 1. The lowest BCUT2D eigenvalue weighted by Gasteiger charge is -2.32. The molecule has 1 heterocycles. The van der Waals surface area contributed by atoms with E-state index in [0.717, 1.165) is 12.5 Å². The minimum Gasteiger partial charge on any atom is -0.396 e. The lowest BCUT2D eigenvalue weighted by Crippen LogP contribution is -2.40. The predicted octanol–water partition coefficient (Wildman–Crippen LogP) is 2.51. The number of sulfonamides is 1. The summed E-state index contributed by atoms with van der Waals surface area (Å²) in [6, 6.07) is 1.50. The van der Waals surface area contributed by atoms with Gasteiger partial charge in [0, 0.05) is 30.2 Å². The fraction of sp³-hybridized carbons (Fsp3) is 0.538. The number of piperidine rings is 1. The highest BCUT2D eigenvalue weighted by Crippen LogP contribution is 2.31. The molecular weight excluding hydrogens is 368 g/mol. The molecule has 1 aliphatic heterocycles. The van der Waals surface area contributed by atoms with Crippen LogP contribution in [0.15, 0.2) is 21.5 Å². The average molecular weight is 384 g/mol. The molecule has 1 saturated heterocycles. The maximum atomic E-state index is 13.9. The predicted molar refractivity (Wildman–Crippen MR) is 77.2 cm³/mol. The molecule has 0 amide bonds. The van der Waals surface area contributed by atoms with Crippen molar-refractivity contribution in [1.82, 2.24) is 4.31 Å². The van der Waals surface area contributed by atoms with Gasteiger partial charge in [-0.3, -0.25) is 0 Å². The van der Waals surface area contributed by atoms with E-state index in [0.29, 0.717) is 25.5 Å². The van der Waals surface area contributed by atoms with E-state index in [9.17, 15) is 17.2 Å². The SMILES string of the molecule is O=S(=O)(c1c(F)cc(F)cc1Br)N1CCCC(CCO)C1. The summed E-state index contributed by atoms with van der Waals surface area (Å²) in [6.07, 6.45) is 2.00. The molecule has 8 heteroatoms. The molecule has 0 aromatic heterocycles. The van der Waals surface area contributed by atoms with E-state index in [1.807, 2.05) is 0 Å². The third kappa shape index (κ3) is 3.61. The van der Waals surface area contributed by atoms with Crippen molar-refractivity contribution in [2.75, 3.05) is 19.7 Å². The van der Waals surface area contributed by atoms with Crippen LogP contribution >= 0.6 is 15.9 Å². The van der Waals surface area contributed by atoms with Gasteiger partial charge in [0.2, 0.25) is 10.0 Å². The van der Waals surface area contributed by atoms with Gasteiger partial charge in [-0.2, -0.15) is 4.31 Å². The van der Waals surface area contributed by atoms with Gasteiger partial charge in [-0.1, -0.05) is 0 Å². The Morgan fingerprint density at radius 1 is 1.38 bits per heavy atom. The zero-order valence-corrected chi connectivity index (χ0v) is 13.6. The first kappa shape index (κ1) is 16.8. The number of hydrogen-bond acceptors (Lipinski definition) is 3. The first-order chi connectivity index (χ1) is 9.86. The first-order valence-electron chi connectivity index (χ1n) is 6.62. The Morgan fingerprint density at radius 3 is 2.71 bits per heavy atom. The molecule has 1 aromatic carbocycles. The van der Waals surface area contributed by atoms with Crippen LogP contribution < -0.4 is 0 Å². The van der Waals surface area contributed by atoms with Crippen molar-refractivity contribution in [3.8, 4) is 0 Å². The number of rotatable bonds is 4. The van der Waals surface area contributed by atoms with Crippen LogP contribution in [-0.4, -0.2) is 37.5 Å². The monoisotopic (exact) mass is 383 g/mol. The van der Waals surface area contributed by atoms with Crippen molar-refractivity contribution in [2.45, 2.75) is 24.2 Å². The van der Waals surface area contributed by atoms with Crippen molar-refractivity contribution in [2.24, 2.45) is 5.92 Å². The maximum Gasteiger partial charge on any atom is 0.247 e. The van der Waals surface area contributed by atoms with Gasteiger partial charge >= 0.3 is 0 Å². The van der Waals surface area contributed by atoms with Gasteiger partial charge in [-0.05, 0) is 47.2 Å². The molecule has 0 spiro atoms. The largest absolute Gasteiger partial charge is 0.396 e. The highest BCUT2D eigenvalue weighted by atomic mass is 79.9. The van der Waals surface area contributed by atoms with Gasteiger partial charge in [0.15, 0.2) is 0 Å². The molecule has 1 unspecified atom stereocenters. The number of halogens is 3. The molecule has 1 aliphatic rings. The summed E-state index contributed by atoms with van der Waals surface area (Å²) < 4.78 is 53.2. The minimum absolute atomic E-state index is 0.00679. The third-order valence-electron chi connectivity index (χ3n) is 3.58. The Hall–Kier alpha value is -0.570. The fourth-order valence-electron chi connectivity index (χ4n) is 2.57. The van der Waals surface area contributed by atoms with Crippen LogP contribution in [0, 0.1) is 17.6 Å². The van der Waals surface area contributed by atoms with Crippen molar-refractivity contribution in [3.63, 3.8) is 0 Å². The zero-order chi connectivity index (χ0) is 15.6. The topological polar surface area (TPSA) is 57.6 Å². The van der Waals surface area contributed by atoms with Crippen LogP contribution in [0.4, 0.5) is 8.78 Å². The lowest BCUT2D eigenvalue weighted by molar-refractivity contribution is 0.202. The van der Waals surface area contributed by atoms with Gasteiger partial charge in [0.1, 0.15) is 16.5 Å². The molecule has 118 valence electrons. The summed E-state index contributed by atoms with van der Waals surface area (Å²) in [5.41, 5.74) is 0. The van der Waals surface area contributed by atoms with Crippen LogP contribution in [-0.2, 0) is 10.0 Å². The van der Waals surface area contributed by atoms with Crippen molar-refractivity contribution >= 4 is 26.0 Å². The maximum absolute atomic E-state index is 13.9. The second-order valence-corrected chi connectivity index (χ2v) is 7.81. The highest BCUT2D eigenvalue weighted by Gasteiger charge is 2.33. The average Bonchev–Trinajstić information content (AvgIpc) is 2.37. The first-order valence-corrected chi connectivity index (χ1v) is 8.85. The van der Waals surface area contributed by atoms with E-state index in [2.05, 4.69) is 15.9 Å². The van der Waals surface area contributed by atoms with E-state index in [-0.39, 0.29) is 23.5 Å². The number of aliphatic hydroxyl groups excluding tert-OH is 1. The van der Waals surface area contributed by atoms with Crippen LogP contribution in [0.5, 0.6) is 0 Å². The quantitative estimate of drug-likeness (QED) is 0.868. The van der Waals surface area contributed by atoms with Gasteiger partial charge in [-0.15, -0.1) is 0 Å². The van der Waals surface area contributed by atoms with E-state index in [1.165, 1.54) is 4.31 Å². The Bertz CT molecular complexity index is 599. The molecule has 0 radical (unpaired) electrons. The fourth-order valence-corrected chi connectivity index (χ4v) is 5.24. The summed E-state index contributed by atoms with van der Waals surface area (Å²) >= 11 is 2.92. The standard InChI is InChI=1S/C13H16BrF2NO3S/c14-11-6-10(15)7-12(16)13(11)21(19,20)17-4-1-2-9(8-17)3-5-18/h6-7,9,18H,1-5,8H2. The lowest BCUT2D eigenvalue weighted by atomic mass is 9.97. The van der Waals surface area contributed by atoms with Crippen LogP contribution in [0.25, 0.3) is 0 Å². The Kier molecular flexibility index (Phi) is 5.34. The van der Waals surface area contributed by atoms with Crippen molar-refractivity contribution in [3.05, 3.63) is 28.2 Å². The van der Waals surface area contributed by atoms with Crippen molar-refractivity contribution in [1.29, 1.82) is 0 Å². The third-order valence-corrected chi connectivity index (χ3v) is 6.41. The summed E-state index contributed by atoms with van der Waals surface area (Å²) in [5, 5.41) is 8.97. The molecule has 1 N–H and O–H groups in total. The molecule has 2 rings (SSSR count). The minimum atomic E-state index is -4.03. The van der Waals surface area contributed by atoms with E-state index in [1.54, 1.807) is 0 Å². The van der Waals surface area contributed by atoms with Crippen molar-refractivity contribution < 1.29 is 22.3 Å². The Labute approximate surface area is 130 Å². The summed E-state index contributed by atoms with van der Waals surface area (Å²) in [6.45, 7) is 0.535. The number of aliphatic hydroxyl groups is 1. The van der Waals surface area contributed by atoms with Crippen LogP contribution in [0.1, 0.15) is 19.3 Å². The molecule has 0 bridgehead atoms. The second kappa shape index (κ2) is 6.68. The van der Waals surface area contributed by atoms with Gasteiger partial charge in [0.05, 0.1) is 0 Å². The van der Waals surface area contributed by atoms with Crippen LogP contribution in [0.3, 0.4) is 0 Å². The smallest absolute Gasteiger partial charge is 0.247 e. The van der Waals surface area contributed by atoms with Gasteiger partial charge < -0.3 is 5.11 Å². The van der Waals surface area contributed by atoms with E-state index in [4.69, 9.17) is 5.11 Å². The molecular formula is C13H16BrF2NO3S. The molecule has 1 fully saturated rings. The number of benzene rings is 1. The van der Waals surface area contributed by atoms with Gasteiger partial charge in [-0.25, -0.2) is 17.2 Å². The molecule has 0 aliphatic carbocycles. The molecule has 4 nitrogen and oxygen atoms in total. The summed E-state index contributed by atoms with van der Waals surface area (Å²) in [7, 11) is -4.03. The highest BCUT2D eigenvalue weighted by molar-refractivity contribution is 9.10. The summed E-state index contributed by atoms with van der Waals surface area (Å²) in [4.78, 5) is -0.534. The van der Waals surface area contributed by atoms with Gasteiger partial charge in [0.25, 0.3) is 0 Å². The van der Waals surface area contributed by atoms with E-state index < -0.39 is 26.6 Å². The Balaban J connectivity index is 2.34. The molecule has 21 heavy (non-hydrogen) atoms. The number of nitrogens with zero attached hydrogens (tertiary/aromatic N) is 1. The zero-order valence-electron chi connectivity index (χ0n) is 11.2. The molecule has 1 atom stereocenters. The van der Waals surface area contributed by atoms with Crippen LogP contribution in [0.2, 0.25) is 0 Å². The molecule has 0 saturated carbocycles.